The minimum absolute atomic E-state index is 0.0963. The Balaban J connectivity index is 1.36. The summed E-state index contributed by atoms with van der Waals surface area (Å²) in [5.74, 6) is 0.903. The lowest BCUT2D eigenvalue weighted by Crippen LogP contribution is -2.48. The predicted octanol–water partition coefficient (Wildman–Crippen LogP) is 5.54. The number of amides is 1. The second-order valence-electron chi connectivity index (χ2n) is 9.32. The van der Waals surface area contributed by atoms with Crippen LogP contribution in [-0.4, -0.2) is 37.5 Å². The summed E-state index contributed by atoms with van der Waals surface area (Å²) in [6.07, 6.45) is 0.547. The van der Waals surface area contributed by atoms with Gasteiger partial charge in [0, 0.05) is 26.0 Å². The zero-order valence-electron chi connectivity index (χ0n) is 20.6. The van der Waals surface area contributed by atoms with Gasteiger partial charge in [0.1, 0.15) is 12.4 Å². The first-order chi connectivity index (χ1) is 17.1. The number of oxime groups is 1. The third kappa shape index (κ3) is 8.86. The molecular weight excluding hydrogens is 473 g/mol. The zero-order valence-corrected chi connectivity index (χ0v) is 20.6. The fourth-order valence-corrected chi connectivity index (χ4v) is 3.70. The number of halogens is 3. The third-order valence-electron chi connectivity index (χ3n) is 5.96. The Morgan fingerprint density at radius 2 is 1.69 bits per heavy atom. The van der Waals surface area contributed by atoms with Gasteiger partial charge in [0.05, 0.1) is 5.56 Å². The SMILES string of the molecule is CC(C)(Oc1ccc(CCC=NOCc2ccc(C(F)(F)F)cc2)cc1)C(=O)NCC1CCOCC1. The number of benzene rings is 2. The molecule has 196 valence electrons. The van der Waals surface area contributed by atoms with Crippen LogP contribution in [0, 0.1) is 5.92 Å². The van der Waals surface area contributed by atoms with Gasteiger partial charge in [-0.1, -0.05) is 29.4 Å². The molecule has 2 aromatic rings. The van der Waals surface area contributed by atoms with E-state index in [-0.39, 0.29) is 12.5 Å². The van der Waals surface area contributed by atoms with Crippen LogP contribution in [0.3, 0.4) is 0 Å². The highest BCUT2D eigenvalue weighted by Crippen LogP contribution is 2.29. The molecule has 2 aromatic carbocycles. The summed E-state index contributed by atoms with van der Waals surface area (Å²) < 4.78 is 49.0. The summed E-state index contributed by atoms with van der Waals surface area (Å²) in [6, 6.07) is 12.3. The summed E-state index contributed by atoms with van der Waals surface area (Å²) in [4.78, 5) is 17.8. The first kappa shape index (κ1) is 27.5. The van der Waals surface area contributed by atoms with Crippen molar-refractivity contribution >= 4 is 12.1 Å². The average molecular weight is 507 g/mol. The summed E-state index contributed by atoms with van der Waals surface area (Å²) in [5.41, 5.74) is -0.0122. The second kappa shape index (κ2) is 12.8. The van der Waals surface area contributed by atoms with E-state index in [0.29, 0.717) is 30.2 Å². The Kier molecular flexibility index (Phi) is 9.75. The summed E-state index contributed by atoms with van der Waals surface area (Å²) >= 11 is 0. The lowest BCUT2D eigenvalue weighted by atomic mass is 10.00. The van der Waals surface area contributed by atoms with Crippen molar-refractivity contribution in [2.45, 2.75) is 57.9 Å². The molecule has 1 amide bonds. The van der Waals surface area contributed by atoms with Gasteiger partial charge in [-0.3, -0.25) is 4.79 Å². The van der Waals surface area contributed by atoms with Crippen LogP contribution in [0.15, 0.2) is 53.7 Å². The lowest BCUT2D eigenvalue weighted by Gasteiger charge is -2.28. The first-order valence-corrected chi connectivity index (χ1v) is 12.1. The zero-order chi connectivity index (χ0) is 26.0. The van der Waals surface area contributed by atoms with E-state index < -0.39 is 17.3 Å². The van der Waals surface area contributed by atoms with Crippen molar-refractivity contribution < 1.29 is 32.3 Å². The van der Waals surface area contributed by atoms with Crippen LogP contribution in [0.1, 0.15) is 49.8 Å². The molecule has 9 heteroatoms. The van der Waals surface area contributed by atoms with Crippen LogP contribution in [0.5, 0.6) is 5.75 Å². The first-order valence-electron chi connectivity index (χ1n) is 12.1. The van der Waals surface area contributed by atoms with Gasteiger partial charge in [-0.2, -0.15) is 13.2 Å². The van der Waals surface area contributed by atoms with Gasteiger partial charge in [-0.15, -0.1) is 0 Å². The highest BCUT2D eigenvalue weighted by Gasteiger charge is 2.31. The molecular formula is C27H33F3N2O4. The van der Waals surface area contributed by atoms with Gasteiger partial charge >= 0.3 is 6.18 Å². The van der Waals surface area contributed by atoms with E-state index >= 15 is 0 Å². The molecule has 1 aliphatic heterocycles. The Morgan fingerprint density at radius 3 is 2.33 bits per heavy atom. The number of alkyl halides is 3. The number of hydrogen-bond acceptors (Lipinski definition) is 5. The van der Waals surface area contributed by atoms with Crippen molar-refractivity contribution in [1.29, 1.82) is 0 Å². The highest BCUT2D eigenvalue weighted by atomic mass is 19.4. The van der Waals surface area contributed by atoms with E-state index in [2.05, 4.69) is 10.5 Å². The molecule has 0 aromatic heterocycles. The molecule has 0 radical (unpaired) electrons. The maximum atomic E-state index is 12.6. The van der Waals surface area contributed by atoms with Crippen molar-refractivity contribution in [3.63, 3.8) is 0 Å². The molecule has 1 saturated heterocycles. The lowest BCUT2D eigenvalue weighted by molar-refractivity contribution is -0.137. The van der Waals surface area contributed by atoms with Gasteiger partial charge in [0.2, 0.25) is 0 Å². The minimum atomic E-state index is -4.35. The van der Waals surface area contributed by atoms with Gasteiger partial charge in [0.25, 0.3) is 5.91 Å². The fourth-order valence-electron chi connectivity index (χ4n) is 3.70. The Morgan fingerprint density at radius 1 is 1.06 bits per heavy atom. The normalized spacial score (nSPS) is 15.1. The third-order valence-corrected chi connectivity index (χ3v) is 5.96. The Labute approximate surface area is 209 Å². The Hall–Kier alpha value is -3.07. The van der Waals surface area contributed by atoms with Crippen molar-refractivity contribution in [3.05, 3.63) is 65.2 Å². The number of aryl methyl sites for hydroxylation is 1. The quantitative estimate of drug-likeness (QED) is 0.321. The van der Waals surface area contributed by atoms with Crippen molar-refractivity contribution in [2.75, 3.05) is 19.8 Å². The number of hydrogen-bond donors (Lipinski definition) is 1. The van der Waals surface area contributed by atoms with E-state index in [1.54, 1.807) is 20.1 Å². The molecule has 0 saturated carbocycles. The van der Waals surface area contributed by atoms with Crippen LogP contribution in [0.25, 0.3) is 0 Å². The van der Waals surface area contributed by atoms with E-state index in [1.807, 2.05) is 24.3 Å². The molecule has 1 aliphatic rings. The molecule has 0 aliphatic carbocycles. The van der Waals surface area contributed by atoms with Crippen LogP contribution in [-0.2, 0) is 33.6 Å². The molecule has 1 fully saturated rings. The molecule has 3 rings (SSSR count). The molecule has 0 unspecified atom stereocenters. The molecule has 0 spiro atoms. The Bertz CT molecular complexity index is 984. The molecule has 6 nitrogen and oxygen atoms in total. The second-order valence-corrected chi connectivity index (χ2v) is 9.32. The number of ether oxygens (including phenoxy) is 2. The summed E-state index contributed by atoms with van der Waals surface area (Å²) in [6.45, 7) is 5.72. The summed E-state index contributed by atoms with van der Waals surface area (Å²) in [7, 11) is 0. The van der Waals surface area contributed by atoms with E-state index in [9.17, 15) is 18.0 Å². The average Bonchev–Trinajstić information content (AvgIpc) is 2.86. The topological polar surface area (TPSA) is 69.2 Å². The van der Waals surface area contributed by atoms with Gasteiger partial charge in [-0.25, -0.2) is 0 Å². The number of nitrogens with one attached hydrogen (secondary N) is 1. The van der Waals surface area contributed by atoms with E-state index in [1.165, 1.54) is 12.1 Å². The molecule has 1 heterocycles. The standard InChI is InChI=1S/C27H33F3N2O4/c1-26(2,25(33)31-18-21-13-16-34-17-14-21)36-24-11-7-20(8-12-24)4-3-15-32-35-19-22-5-9-23(10-6-22)27(28,29)30/h5-12,15,21H,3-4,13-14,16-19H2,1-2H3,(H,31,33). The van der Waals surface area contributed by atoms with E-state index in [0.717, 1.165) is 50.2 Å². The summed E-state index contributed by atoms with van der Waals surface area (Å²) in [5, 5.41) is 6.86. The highest BCUT2D eigenvalue weighted by molar-refractivity contribution is 5.84. The minimum Gasteiger partial charge on any atom is -0.478 e. The molecule has 0 atom stereocenters. The fraction of sp³-hybridized carbons (Fsp3) is 0.481. The smallest absolute Gasteiger partial charge is 0.416 e. The number of carbonyl (C=O) groups is 1. The number of nitrogens with zero attached hydrogens (tertiary/aromatic N) is 1. The number of carbonyl (C=O) groups excluding carboxylic acids is 1. The monoisotopic (exact) mass is 506 g/mol. The van der Waals surface area contributed by atoms with Crippen LogP contribution in [0.2, 0.25) is 0 Å². The maximum absolute atomic E-state index is 12.6. The van der Waals surface area contributed by atoms with Crippen molar-refractivity contribution in [3.8, 4) is 5.75 Å². The van der Waals surface area contributed by atoms with Crippen molar-refractivity contribution in [1.82, 2.24) is 5.32 Å². The van der Waals surface area contributed by atoms with Gasteiger partial charge < -0.3 is 19.6 Å². The van der Waals surface area contributed by atoms with Crippen LogP contribution >= 0.6 is 0 Å². The molecule has 1 N–H and O–H groups in total. The molecule has 36 heavy (non-hydrogen) atoms. The molecule has 0 bridgehead atoms. The number of rotatable bonds is 11. The maximum Gasteiger partial charge on any atom is 0.416 e. The van der Waals surface area contributed by atoms with E-state index in [4.69, 9.17) is 14.3 Å². The van der Waals surface area contributed by atoms with Crippen molar-refractivity contribution in [2.24, 2.45) is 11.1 Å². The van der Waals surface area contributed by atoms with Gasteiger partial charge in [0.15, 0.2) is 5.60 Å². The van der Waals surface area contributed by atoms with Crippen LogP contribution < -0.4 is 10.1 Å². The largest absolute Gasteiger partial charge is 0.478 e. The van der Waals surface area contributed by atoms with Crippen LogP contribution in [0.4, 0.5) is 13.2 Å². The predicted molar refractivity (Wildman–Crippen MR) is 131 cm³/mol. The van der Waals surface area contributed by atoms with Gasteiger partial charge in [-0.05, 0) is 80.8 Å².